The van der Waals surface area contributed by atoms with E-state index >= 15 is 0 Å². The highest BCUT2D eigenvalue weighted by atomic mass is 35.5. The minimum absolute atomic E-state index is 0.0177. The number of hydrogen-bond acceptors (Lipinski definition) is 5. The Bertz CT molecular complexity index is 1320. The van der Waals surface area contributed by atoms with E-state index in [2.05, 4.69) is 10.6 Å². The first-order valence-corrected chi connectivity index (χ1v) is 12.9. The number of rotatable bonds is 6. The molecule has 3 aromatic rings. The Balaban J connectivity index is 1.60. The first-order chi connectivity index (χ1) is 17.4. The molecular weight excluding hydrogens is 472 g/mol. The molecule has 1 aliphatic heterocycles. The molecule has 0 spiro atoms. The van der Waals surface area contributed by atoms with Crippen molar-refractivity contribution in [1.82, 2.24) is 0 Å². The number of hydrogen-bond donors (Lipinski definition) is 2. The number of nitrogens with one attached hydrogen (secondary N) is 2. The van der Waals surface area contributed by atoms with E-state index in [1.54, 1.807) is 0 Å². The highest BCUT2D eigenvalue weighted by Crippen LogP contribution is 2.46. The molecule has 1 heterocycles. The van der Waals surface area contributed by atoms with Crippen molar-refractivity contribution in [3.63, 3.8) is 0 Å². The molecule has 0 saturated carbocycles. The second kappa shape index (κ2) is 10.3. The number of ketones is 1. The van der Waals surface area contributed by atoms with Crippen molar-refractivity contribution < 1.29 is 14.3 Å². The fourth-order valence-electron chi connectivity index (χ4n) is 5.09. The van der Waals surface area contributed by atoms with Gasteiger partial charge in [-0.3, -0.25) is 4.79 Å². The molecule has 3 aromatic carbocycles. The predicted octanol–water partition coefficient (Wildman–Crippen LogP) is 7.51. The van der Waals surface area contributed by atoms with Crippen LogP contribution in [0.3, 0.4) is 0 Å². The summed E-state index contributed by atoms with van der Waals surface area (Å²) in [5.74, 6) is 1.50. The molecule has 186 valence electrons. The molecule has 1 aliphatic carbocycles. The minimum Gasteiger partial charge on any atom is -0.490 e. The van der Waals surface area contributed by atoms with E-state index in [0.29, 0.717) is 36.0 Å². The normalized spacial score (nSPS) is 19.1. The second-order valence-electron chi connectivity index (χ2n) is 9.50. The number of allylic oxidation sites excluding steroid dienone is 1. The van der Waals surface area contributed by atoms with Gasteiger partial charge in [0.2, 0.25) is 0 Å². The monoisotopic (exact) mass is 502 g/mol. The Morgan fingerprint density at radius 3 is 2.47 bits per heavy atom. The molecule has 2 N–H and O–H groups in total. The first-order valence-electron chi connectivity index (χ1n) is 12.5. The number of Topliss-reactive ketones (excluding diaryl/α,β-unsaturated/α-hetero) is 1. The number of anilines is 2. The van der Waals surface area contributed by atoms with Crippen LogP contribution in [0, 0.1) is 0 Å². The minimum atomic E-state index is -0.330. The molecule has 2 atom stereocenters. The summed E-state index contributed by atoms with van der Waals surface area (Å²) in [5, 5.41) is 7.92. The molecule has 0 radical (unpaired) electrons. The van der Waals surface area contributed by atoms with Crippen molar-refractivity contribution in [1.29, 1.82) is 0 Å². The van der Waals surface area contributed by atoms with E-state index < -0.39 is 0 Å². The quantitative estimate of drug-likeness (QED) is 0.365. The molecule has 2 unspecified atom stereocenters. The Morgan fingerprint density at radius 1 is 0.972 bits per heavy atom. The lowest BCUT2D eigenvalue weighted by molar-refractivity contribution is -0.116. The molecule has 0 fully saturated rings. The third-order valence-electron chi connectivity index (χ3n) is 6.62. The molecule has 6 heteroatoms. The zero-order valence-corrected chi connectivity index (χ0v) is 21.6. The molecular formula is C30H31ClN2O3. The van der Waals surface area contributed by atoms with Crippen LogP contribution in [0.25, 0.3) is 0 Å². The number of para-hydroxylation sites is 2. The summed E-state index contributed by atoms with van der Waals surface area (Å²) >= 11 is 6.53. The van der Waals surface area contributed by atoms with Gasteiger partial charge in [-0.05, 0) is 74.6 Å². The third-order valence-corrected chi connectivity index (χ3v) is 6.96. The Kier molecular flexibility index (Phi) is 6.92. The van der Waals surface area contributed by atoms with Crippen molar-refractivity contribution in [2.24, 2.45) is 0 Å². The van der Waals surface area contributed by atoms with Crippen LogP contribution in [0.5, 0.6) is 11.5 Å². The lowest BCUT2D eigenvalue weighted by Gasteiger charge is -2.30. The van der Waals surface area contributed by atoms with Crippen LogP contribution in [0.4, 0.5) is 11.4 Å². The SMILES string of the molecule is CCOc1cc(C2Nc3ccccc3NC3=C2C(=O)CC(c2ccccc2Cl)C3)ccc1OC(C)C. The fraction of sp³-hybridized carbons (Fsp3) is 0.300. The van der Waals surface area contributed by atoms with Gasteiger partial charge in [-0.1, -0.05) is 48.0 Å². The highest BCUT2D eigenvalue weighted by Gasteiger charge is 2.36. The molecule has 0 bridgehead atoms. The molecule has 5 rings (SSSR count). The van der Waals surface area contributed by atoms with Gasteiger partial charge in [-0.15, -0.1) is 0 Å². The number of fused-ring (bicyclic) bond motifs is 1. The van der Waals surface area contributed by atoms with Crippen LogP contribution in [0.15, 0.2) is 78.0 Å². The number of benzene rings is 3. The van der Waals surface area contributed by atoms with Crippen molar-refractivity contribution in [3.05, 3.63) is 94.1 Å². The lowest BCUT2D eigenvalue weighted by atomic mass is 9.78. The van der Waals surface area contributed by atoms with Gasteiger partial charge < -0.3 is 20.1 Å². The van der Waals surface area contributed by atoms with Crippen molar-refractivity contribution in [2.75, 3.05) is 17.2 Å². The second-order valence-corrected chi connectivity index (χ2v) is 9.90. The van der Waals surface area contributed by atoms with Crippen LogP contribution in [-0.2, 0) is 4.79 Å². The third kappa shape index (κ3) is 4.80. The standard InChI is InChI=1S/C30H31ClN2O3/c1-4-35-28-17-19(13-14-27(28)36-18(2)3)30-29-25(32-23-11-7-8-12-24(23)33-30)15-20(16-26(29)34)21-9-5-6-10-22(21)31/h5-14,17-18,20,30,32-33H,4,15-16H2,1-3H3. The molecule has 2 aliphatic rings. The van der Waals surface area contributed by atoms with Crippen LogP contribution in [-0.4, -0.2) is 18.5 Å². The van der Waals surface area contributed by atoms with E-state index in [1.165, 1.54) is 0 Å². The largest absolute Gasteiger partial charge is 0.490 e. The van der Waals surface area contributed by atoms with Gasteiger partial charge in [0, 0.05) is 22.7 Å². The van der Waals surface area contributed by atoms with Gasteiger partial charge in [-0.2, -0.15) is 0 Å². The smallest absolute Gasteiger partial charge is 0.163 e. The van der Waals surface area contributed by atoms with Crippen LogP contribution < -0.4 is 20.1 Å². The summed E-state index contributed by atoms with van der Waals surface area (Å²) in [4.78, 5) is 13.8. The maximum Gasteiger partial charge on any atom is 0.163 e. The van der Waals surface area contributed by atoms with Gasteiger partial charge in [-0.25, -0.2) is 0 Å². The number of carbonyl (C=O) groups is 1. The van der Waals surface area contributed by atoms with Gasteiger partial charge in [0.05, 0.1) is 30.1 Å². The van der Waals surface area contributed by atoms with E-state index in [0.717, 1.165) is 33.8 Å². The van der Waals surface area contributed by atoms with Crippen LogP contribution >= 0.6 is 11.6 Å². The average Bonchev–Trinajstić information content (AvgIpc) is 3.02. The van der Waals surface area contributed by atoms with E-state index in [4.69, 9.17) is 21.1 Å². The van der Waals surface area contributed by atoms with E-state index in [-0.39, 0.29) is 23.8 Å². The van der Waals surface area contributed by atoms with Gasteiger partial charge in [0.1, 0.15) is 0 Å². The van der Waals surface area contributed by atoms with Crippen molar-refractivity contribution in [2.45, 2.75) is 51.7 Å². The average molecular weight is 503 g/mol. The van der Waals surface area contributed by atoms with Gasteiger partial charge in [0.15, 0.2) is 17.3 Å². The molecule has 0 saturated heterocycles. The maximum atomic E-state index is 13.8. The molecule has 5 nitrogen and oxygen atoms in total. The molecule has 0 amide bonds. The summed E-state index contributed by atoms with van der Waals surface area (Å²) in [5.41, 5.74) is 5.54. The summed E-state index contributed by atoms with van der Waals surface area (Å²) in [7, 11) is 0. The zero-order valence-electron chi connectivity index (χ0n) is 20.8. The molecule has 0 aromatic heterocycles. The molecule has 36 heavy (non-hydrogen) atoms. The summed E-state index contributed by atoms with van der Waals surface area (Å²) in [6.07, 6.45) is 1.13. The zero-order chi connectivity index (χ0) is 25.2. The Morgan fingerprint density at radius 2 is 1.72 bits per heavy atom. The fourth-order valence-corrected chi connectivity index (χ4v) is 5.38. The Hall–Kier alpha value is -3.44. The summed E-state index contributed by atoms with van der Waals surface area (Å²) in [6.45, 7) is 6.46. The van der Waals surface area contributed by atoms with E-state index in [1.807, 2.05) is 87.5 Å². The maximum absolute atomic E-state index is 13.8. The van der Waals surface area contributed by atoms with Gasteiger partial charge in [0.25, 0.3) is 0 Å². The highest BCUT2D eigenvalue weighted by molar-refractivity contribution is 6.31. The van der Waals surface area contributed by atoms with Crippen LogP contribution in [0.2, 0.25) is 5.02 Å². The summed E-state index contributed by atoms with van der Waals surface area (Å²) < 4.78 is 11.9. The van der Waals surface area contributed by atoms with Gasteiger partial charge >= 0.3 is 0 Å². The topological polar surface area (TPSA) is 59.6 Å². The number of carbonyl (C=O) groups excluding carboxylic acids is 1. The number of ether oxygens (including phenoxy) is 2. The summed E-state index contributed by atoms with van der Waals surface area (Å²) in [6, 6.07) is 21.5. The van der Waals surface area contributed by atoms with Crippen molar-refractivity contribution in [3.8, 4) is 11.5 Å². The van der Waals surface area contributed by atoms with Crippen molar-refractivity contribution >= 4 is 28.8 Å². The predicted molar refractivity (Wildman–Crippen MR) is 145 cm³/mol. The van der Waals surface area contributed by atoms with E-state index in [9.17, 15) is 4.79 Å². The first kappa shape index (κ1) is 24.3. The van der Waals surface area contributed by atoms with Crippen LogP contribution in [0.1, 0.15) is 56.7 Å². The Labute approximate surface area is 217 Å². The lowest BCUT2D eigenvalue weighted by Crippen LogP contribution is -2.27. The number of halogens is 1.